The lowest BCUT2D eigenvalue weighted by Gasteiger charge is -2.24. The minimum atomic E-state index is -0.776. The van der Waals surface area contributed by atoms with Gasteiger partial charge in [-0.2, -0.15) is 0 Å². The molecule has 1 heterocycles. The highest BCUT2D eigenvalue weighted by atomic mass is 16.5. The highest BCUT2D eigenvalue weighted by Crippen LogP contribution is 2.40. The van der Waals surface area contributed by atoms with Crippen LogP contribution in [0, 0.1) is 5.92 Å². The van der Waals surface area contributed by atoms with Crippen LogP contribution in [0.2, 0.25) is 0 Å². The van der Waals surface area contributed by atoms with Crippen LogP contribution in [0.15, 0.2) is 28.8 Å². The standard InChI is InChI=1S/C13H19NO2/c1-9(2)12(15)13(16-3)11(14-13)10-7-5-4-6-8-10/h5,7-9,12,15H,4,6H2,1-3H3. The third kappa shape index (κ3) is 1.74. The van der Waals surface area contributed by atoms with E-state index < -0.39 is 11.8 Å². The Morgan fingerprint density at radius 1 is 1.44 bits per heavy atom. The van der Waals surface area contributed by atoms with Crippen LogP contribution in [-0.4, -0.2) is 29.8 Å². The number of hydrogen-bond donors (Lipinski definition) is 1. The molecule has 0 spiro atoms. The molecule has 16 heavy (non-hydrogen) atoms. The SMILES string of the molecule is COC1(C(O)C(C)C)N=C1C1=CCCC=C1. The van der Waals surface area contributed by atoms with Crippen LogP contribution in [0.4, 0.5) is 0 Å². The number of methoxy groups -OCH3 is 1. The molecule has 88 valence electrons. The fraction of sp³-hybridized carbons (Fsp3) is 0.615. The number of nitrogens with zero attached hydrogens (tertiary/aromatic N) is 1. The summed E-state index contributed by atoms with van der Waals surface area (Å²) in [5.41, 5.74) is 1.22. The van der Waals surface area contributed by atoms with Crippen LogP contribution < -0.4 is 0 Å². The van der Waals surface area contributed by atoms with Crippen molar-refractivity contribution in [3.05, 3.63) is 23.8 Å². The molecule has 0 aromatic rings. The largest absolute Gasteiger partial charge is 0.387 e. The van der Waals surface area contributed by atoms with Gasteiger partial charge in [0.1, 0.15) is 11.8 Å². The van der Waals surface area contributed by atoms with Crippen LogP contribution in [0.1, 0.15) is 26.7 Å². The predicted molar refractivity (Wildman–Crippen MR) is 64.5 cm³/mol. The van der Waals surface area contributed by atoms with E-state index in [9.17, 15) is 5.11 Å². The lowest BCUT2D eigenvalue weighted by atomic mass is 9.93. The zero-order chi connectivity index (χ0) is 11.8. The van der Waals surface area contributed by atoms with Gasteiger partial charge in [0.25, 0.3) is 0 Å². The Hall–Kier alpha value is -0.930. The van der Waals surface area contributed by atoms with Crippen molar-refractivity contribution in [1.82, 2.24) is 0 Å². The van der Waals surface area contributed by atoms with Crippen molar-refractivity contribution in [2.24, 2.45) is 10.9 Å². The molecule has 2 atom stereocenters. The van der Waals surface area contributed by atoms with Crippen LogP contribution in [0.5, 0.6) is 0 Å². The minimum absolute atomic E-state index is 0.134. The second-order valence-corrected chi connectivity index (χ2v) is 4.69. The van der Waals surface area contributed by atoms with E-state index in [0.717, 1.165) is 24.1 Å². The second kappa shape index (κ2) is 4.15. The van der Waals surface area contributed by atoms with Crippen molar-refractivity contribution in [3.63, 3.8) is 0 Å². The fourth-order valence-electron chi connectivity index (χ4n) is 2.12. The van der Waals surface area contributed by atoms with Crippen LogP contribution in [0.25, 0.3) is 0 Å². The molecule has 1 N–H and O–H groups in total. The van der Waals surface area contributed by atoms with Gasteiger partial charge in [0, 0.05) is 7.11 Å². The van der Waals surface area contributed by atoms with Gasteiger partial charge in [0.05, 0.1) is 0 Å². The number of hydrogen-bond acceptors (Lipinski definition) is 3. The molecule has 0 saturated carbocycles. The van der Waals surface area contributed by atoms with Gasteiger partial charge < -0.3 is 9.84 Å². The fourth-order valence-corrected chi connectivity index (χ4v) is 2.12. The highest BCUT2D eigenvalue weighted by molar-refractivity contribution is 6.17. The monoisotopic (exact) mass is 221 g/mol. The molecule has 0 aromatic carbocycles. The van der Waals surface area contributed by atoms with Gasteiger partial charge in [-0.05, 0) is 24.3 Å². The van der Waals surface area contributed by atoms with Crippen LogP contribution >= 0.6 is 0 Å². The molecule has 0 saturated heterocycles. The first-order valence-corrected chi connectivity index (χ1v) is 5.82. The highest BCUT2D eigenvalue weighted by Gasteiger charge is 2.55. The van der Waals surface area contributed by atoms with Gasteiger partial charge in [-0.25, -0.2) is 4.99 Å². The topological polar surface area (TPSA) is 41.8 Å². The summed E-state index contributed by atoms with van der Waals surface area (Å²) in [5.74, 6) is 0.134. The predicted octanol–water partition coefficient (Wildman–Crippen LogP) is 2.08. The van der Waals surface area contributed by atoms with Gasteiger partial charge in [-0.1, -0.05) is 32.1 Å². The van der Waals surface area contributed by atoms with E-state index in [2.05, 4.69) is 23.2 Å². The Labute approximate surface area is 96.5 Å². The molecule has 0 radical (unpaired) electrons. The van der Waals surface area contributed by atoms with Crippen molar-refractivity contribution in [2.45, 2.75) is 38.5 Å². The van der Waals surface area contributed by atoms with Gasteiger partial charge in [-0.3, -0.25) is 0 Å². The maximum atomic E-state index is 10.1. The van der Waals surface area contributed by atoms with Crippen molar-refractivity contribution in [3.8, 4) is 0 Å². The quantitative estimate of drug-likeness (QED) is 0.789. The first kappa shape index (κ1) is 11.6. The molecule has 1 aliphatic carbocycles. The number of aliphatic hydroxyl groups is 1. The Balaban J connectivity index is 2.13. The molecular formula is C13H19NO2. The van der Waals surface area contributed by atoms with Crippen molar-refractivity contribution in [1.29, 1.82) is 0 Å². The number of aliphatic imine (C=N–C) groups is 1. The van der Waals surface area contributed by atoms with Gasteiger partial charge in [0.2, 0.25) is 5.72 Å². The molecule has 2 unspecified atom stereocenters. The van der Waals surface area contributed by atoms with Crippen molar-refractivity contribution >= 4 is 5.71 Å². The molecule has 1 aliphatic heterocycles. The average Bonchev–Trinajstić information content (AvgIpc) is 3.05. The smallest absolute Gasteiger partial charge is 0.228 e. The van der Waals surface area contributed by atoms with E-state index in [1.54, 1.807) is 7.11 Å². The van der Waals surface area contributed by atoms with Crippen molar-refractivity contribution in [2.75, 3.05) is 7.11 Å². The summed E-state index contributed by atoms with van der Waals surface area (Å²) >= 11 is 0. The zero-order valence-corrected chi connectivity index (χ0v) is 10.1. The van der Waals surface area contributed by atoms with E-state index in [1.807, 2.05) is 13.8 Å². The summed E-state index contributed by atoms with van der Waals surface area (Å²) < 4.78 is 5.41. The summed E-state index contributed by atoms with van der Waals surface area (Å²) in [4.78, 5) is 4.37. The second-order valence-electron chi connectivity index (χ2n) is 4.69. The maximum Gasteiger partial charge on any atom is 0.228 e. The molecule has 2 rings (SSSR count). The van der Waals surface area contributed by atoms with E-state index in [1.165, 1.54) is 0 Å². The Kier molecular flexibility index (Phi) is 3.00. The zero-order valence-electron chi connectivity index (χ0n) is 10.1. The van der Waals surface area contributed by atoms with E-state index in [-0.39, 0.29) is 5.92 Å². The molecule has 0 aromatic heterocycles. The summed E-state index contributed by atoms with van der Waals surface area (Å²) in [6.45, 7) is 3.95. The van der Waals surface area contributed by atoms with E-state index >= 15 is 0 Å². The average molecular weight is 221 g/mol. The van der Waals surface area contributed by atoms with Crippen LogP contribution in [0.3, 0.4) is 0 Å². The van der Waals surface area contributed by atoms with E-state index in [0.29, 0.717) is 0 Å². The first-order valence-electron chi connectivity index (χ1n) is 5.82. The molecule has 0 bridgehead atoms. The minimum Gasteiger partial charge on any atom is -0.387 e. The molecule has 0 amide bonds. The third-order valence-electron chi connectivity index (χ3n) is 3.18. The van der Waals surface area contributed by atoms with Crippen LogP contribution in [-0.2, 0) is 4.74 Å². The van der Waals surface area contributed by atoms with Gasteiger partial charge >= 0.3 is 0 Å². The maximum absolute atomic E-state index is 10.1. The molecule has 2 aliphatic rings. The summed E-state index contributed by atoms with van der Waals surface area (Å²) in [7, 11) is 1.61. The molecular weight excluding hydrogens is 202 g/mol. The first-order chi connectivity index (χ1) is 7.62. The van der Waals surface area contributed by atoms with Gasteiger partial charge in [-0.15, -0.1) is 0 Å². The number of ether oxygens (including phenoxy) is 1. The van der Waals surface area contributed by atoms with E-state index in [4.69, 9.17) is 4.74 Å². The molecule has 3 heteroatoms. The molecule has 0 fully saturated rings. The number of aliphatic hydroxyl groups excluding tert-OH is 1. The number of rotatable bonds is 4. The Bertz CT molecular complexity index is 368. The lowest BCUT2D eigenvalue weighted by Crippen LogP contribution is -2.40. The Morgan fingerprint density at radius 2 is 2.19 bits per heavy atom. The van der Waals surface area contributed by atoms with Gasteiger partial charge in [0.15, 0.2) is 0 Å². The third-order valence-corrected chi connectivity index (χ3v) is 3.18. The summed E-state index contributed by atoms with van der Waals surface area (Å²) in [6, 6.07) is 0. The number of allylic oxidation sites excluding steroid dienone is 3. The summed E-state index contributed by atoms with van der Waals surface area (Å²) in [5, 5.41) is 10.1. The Morgan fingerprint density at radius 3 is 2.69 bits per heavy atom. The summed E-state index contributed by atoms with van der Waals surface area (Å²) in [6.07, 6.45) is 7.93. The van der Waals surface area contributed by atoms with Crippen molar-refractivity contribution < 1.29 is 9.84 Å². The lowest BCUT2D eigenvalue weighted by molar-refractivity contribution is -0.0445. The molecule has 3 nitrogen and oxygen atoms in total. The normalized spacial score (nSPS) is 30.1.